The first-order valence-corrected chi connectivity index (χ1v) is 12.0. The molecule has 1 aromatic heterocycles. The van der Waals surface area contributed by atoms with Gasteiger partial charge in [0.25, 0.3) is 0 Å². The van der Waals surface area contributed by atoms with Gasteiger partial charge in [0.15, 0.2) is 0 Å². The Morgan fingerprint density at radius 2 is 1.88 bits per heavy atom. The number of amides is 2. The first kappa shape index (κ1) is 24.0. The average molecular weight is 481 g/mol. The minimum Gasteiger partial charge on any atom is -0.494 e. The summed E-state index contributed by atoms with van der Waals surface area (Å²) in [5, 5.41) is 5.25. The highest BCUT2D eigenvalue weighted by Gasteiger charge is 2.33. The van der Waals surface area contributed by atoms with Crippen LogP contribution in [0.2, 0.25) is 5.15 Å². The number of carbonyl (C=O) groups excluding carboxylic acids is 2. The number of hydrogen-bond donors (Lipinski definition) is 2. The lowest BCUT2D eigenvalue weighted by Gasteiger charge is -2.30. The molecule has 2 heterocycles. The van der Waals surface area contributed by atoms with Crippen LogP contribution >= 0.6 is 11.6 Å². The van der Waals surface area contributed by atoms with Crippen molar-refractivity contribution in [1.82, 2.24) is 14.6 Å². The van der Waals surface area contributed by atoms with Crippen LogP contribution in [0.1, 0.15) is 19.8 Å². The molecule has 11 heteroatoms. The van der Waals surface area contributed by atoms with Gasteiger partial charge in [0, 0.05) is 30.9 Å². The van der Waals surface area contributed by atoms with Crippen molar-refractivity contribution in [2.75, 3.05) is 31.6 Å². The number of nitrogens with zero attached hydrogens (tertiary/aromatic N) is 2. The molecule has 0 aliphatic carbocycles. The highest BCUT2D eigenvalue weighted by atomic mass is 35.5. The third-order valence-electron chi connectivity index (χ3n) is 5.04. The van der Waals surface area contributed by atoms with Crippen molar-refractivity contribution in [1.29, 1.82) is 0 Å². The number of pyridine rings is 1. The second kappa shape index (κ2) is 10.8. The molecule has 2 amide bonds. The molecule has 3 rings (SSSR count). The maximum Gasteiger partial charge on any atom is 0.246 e. The van der Waals surface area contributed by atoms with Gasteiger partial charge in [0.1, 0.15) is 15.8 Å². The van der Waals surface area contributed by atoms with Crippen LogP contribution in [0.25, 0.3) is 0 Å². The monoisotopic (exact) mass is 480 g/mol. The van der Waals surface area contributed by atoms with Gasteiger partial charge in [-0.2, -0.15) is 4.31 Å². The van der Waals surface area contributed by atoms with Crippen molar-refractivity contribution in [3.63, 3.8) is 0 Å². The summed E-state index contributed by atoms with van der Waals surface area (Å²) in [7, 11) is -3.77. The predicted molar refractivity (Wildman–Crippen MR) is 120 cm³/mol. The summed E-state index contributed by atoms with van der Waals surface area (Å²) < 4.78 is 32.2. The molecule has 0 unspecified atom stereocenters. The number of aromatic nitrogens is 1. The van der Waals surface area contributed by atoms with Crippen LogP contribution in [-0.4, -0.2) is 55.8 Å². The third kappa shape index (κ3) is 5.96. The Labute approximate surface area is 192 Å². The molecule has 1 aromatic carbocycles. The van der Waals surface area contributed by atoms with Crippen LogP contribution in [-0.2, 0) is 19.6 Å². The van der Waals surface area contributed by atoms with Crippen molar-refractivity contribution in [2.45, 2.75) is 24.7 Å². The molecule has 1 saturated heterocycles. The van der Waals surface area contributed by atoms with Crippen molar-refractivity contribution < 1.29 is 22.7 Å². The number of nitrogens with one attached hydrogen (secondary N) is 2. The largest absolute Gasteiger partial charge is 0.494 e. The van der Waals surface area contributed by atoms with Crippen LogP contribution in [0, 0.1) is 5.92 Å². The number of anilines is 1. The Hall–Kier alpha value is -2.69. The summed E-state index contributed by atoms with van der Waals surface area (Å²) >= 11 is 5.93. The van der Waals surface area contributed by atoms with Gasteiger partial charge in [-0.15, -0.1) is 0 Å². The summed E-state index contributed by atoms with van der Waals surface area (Å²) in [6.07, 6.45) is 2.12. The van der Waals surface area contributed by atoms with Crippen molar-refractivity contribution in [2.24, 2.45) is 5.92 Å². The standard InChI is InChI=1S/C21H25ClN4O5S/c1-2-31-17-7-5-16(6-8-17)25-19(27)14-24-21(28)15-9-12-26(13-10-15)32(29,30)18-4-3-11-23-20(18)22/h3-8,11,15H,2,9-10,12-14H2,1H3,(H,24,28)(H,25,27). The van der Waals surface area contributed by atoms with Crippen LogP contribution in [0.5, 0.6) is 5.75 Å². The second-order valence-corrected chi connectivity index (χ2v) is 9.46. The highest BCUT2D eigenvalue weighted by molar-refractivity contribution is 7.89. The molecule has 0 spiro atoms. The smallest absolute Gasteiger partial charge is 0.246 e. The van der Waals surface area contributed by atoms with E-state index in [4.69, 9.17) is 16.3 Å². The molecule has 1 aliphatic heterocycles. The Balaban J connectivity index is 1.46. The molecule has 1 fully saturated rings. The van der Waals surface area contributed by atoms with Gasteiger partial charge in [-0.1, -0.05) is 11.6 Å². The minimum atomic E-state index is -3.77. The normalized spacial score (nSPS) is 15.2. The van der Waals surface area contributed by atoms with Crippen LogP contribution < -0.4 is 15.4 Å². The van der Waals surface area contributed by atoms with E-state index in [9.17, 15) is 18.0 Å². The number of carbonyl (C=O) groups is 2. The lowest BCUT2D eigenvalue weighted by atomic mass is 9.97. The topological polar surface area (TPSA) is 118 Å². The van der Waals surface area contributed by atoms with E-state index < -0.39 is 10.0 Å². The van der Waals surface area contributed by atoms with Crippen molar-refractivity contribution in [3.05, 3.63) is 47.7 Å². The number of piperidine rings is 1. The van der Waals surface area contributed by atoms with Crippen LogP contribution in [0.15, 0.2) is 47.5 Å². The number of sulfonamides is 1. The highest BCUT2D eigenvalue weighted by Crippen LogP contribution is 2.27. The Morgan fingerprint density at radius 1 is 1.19 bits per heavy atom. The zero-order valence-corrected chi connectivity index (χ0v) is 19.2. The molecule has 2 N–H and O–H groups in total. The van der Waals surface area contributed by atoms with E-state index >= 15 is 0 Å². The van der Waals surface area contributed by atoms with Gasteiger partial charge in [-0.3, -0.25) is 9.59 Å². The predicted octanol–water partition coefficient (Wildman–Crippen LogP) is 2.29. The first-order valence-electron chi connectivity index (χ1n) is 10.2. The molecule has 172 valence electrons. The number of rotatable bonds is 8. The molecule has 9 nitrogen and oxygen atoms in total. The summed E-state index contributed by atoms with van der Waals surface area (Å²) in [4.78, 5) is 28.3. The van der Waals surface area contributed by atoms with E-state index in [0.717, 1.165) is 0 Å². The molecule has 0 radical (unpaired) electrons. The Bertz CT molecular complexity index is 1050. The fraction of sp³-hybridized carbons (Fsp3) is 0.381. The van der Waals surface area contributed by atoms with E-state index in [0.29, 0.717) is 30.9 Å². The summed E-state index contributed by atoms with van der Waals surface area (Å²) in [6.45, 7) is 2.64. The van der Waals surface area contributed by atoms with Crippen molar-refractivity contribution >= 4 is 39.1 Å². The quantitative estimate of drug-likeness (QED) is 0.560. The molecular weight excluding hydrogens is 456 g/mol. The van der Waals surface area contributed by atoms with Crippen LogP contribution in [0.3, 0.4) is 0 Å². The summed E-state index contributed by atoms with van der Waals surface area (Å²) in [5.41, 5.74) is 0.597. The molecule has 0 bridgehead atoms. The summed E-state index contributed by atoms with van der Waals surface area (Å²) in [6, 6.07) is 9.85. The van der Waals surface area contributed by atoms with Crippen LogP contribution in [0.4, 0.5) is 5.69 Å². The number of hydrogen-bond acceptors (Lipinski definition) is 6. The van der Waals surface area contributed by atoms with Gasteiger partial charge in [-0.05, 0) is 56.2 Å². The van der Waals surface area contributed by atoms with E-state index in [1.165, 1.54) is 22.6 Å². The number of ether oxygens (including phenoxy) is 1. The van der Waals surface area contributed by atoms with Crippen molar-refractivity contribution in [3.8, 4) is 5.75 Å². The lowest BCUT2D eigenvalue weighted by molar-refractivity contribution is -0.128. The van der Waals surface area contributed by atoms with E-state index in [1.54, 1.807) is 24.3 Å². The van der Waals surface area contributed by atoms with Gasteiger partial charge in [0.05, 0.1) is 13.2 Å². The van der Waals surface area contributed by atoms with E-state index in [2.05, 4.69) is 15.6 Å². The second-order valence-electron chi connectivity index (χ2n) is 7.19. The van der Waals surface area contributed by atoms with Gasteiger partial charge in [-0.25, -0.2) is 13.4 Å². The maximum atomic E-state index is 12.8. The molecule has 0 saturated carbocycles. The molecule has 32 heavy (non-hydrogen) atoms. The van der Waals surface area contributed by atoms with Gasteiger partial charge in [0.2, 0.25) is 21.8 Å². The molecular formula is C21H25ClN4O5S. The first-order chi connectivity index (χ1) is 15.3. The average Bonchev–Trinajstić information content (AvgIpc) is 2.79. The Morgan fingerprint density at radius 3 is 2.50 bits per heavy atom. The molecule has 0 atom stereocenters. The fourth-order valence-corrected chi connectivity index (χ4v) is 5.28. The Kier molecular flexibility index (Phi) is 8.05. The number of halogens is 1. The molecule has 2 aromatic rings. The van der Waals surface area contributed by atoms with Gasteiger partial charge < -0.3 is 15.4 Å². The zero-order chi connectivity index (χ0) is 23.1. The minimum absolute atomic E-state index is 0.0458. The lowest BCUT2D eigenvalue weighted by Crippen LogP contribution is -2.44. The zero-order valence-electron chi connectivity index (χ0n) is 17.6. The molecule has 1 aliphatic rings. The maximum absolute atomic E-state index is 12.8. The fourth-order valence-electron chi connectivity index (χ4n) is 3.38. The summed E-state index contributed by atoms with van der Waals surface area (Å²) in [5.74, 6) is -0.293. The van der Waals surface area contributed by atoms with E-state index in [-0.39, 0.29) is 47.4 Å². The van der Waals surface area contributed by atoms with Gasteiger partial charge >= 0.3 is 0 Å². The third-order valence-corrected chi connectivity index (χ3v) is 7.38. The van der Waals surface area contributed by atoms with E-state index in [1.807, 2.05) is 6.92 Å². The number of benzene rings is 1. The SMILES string of the molecule is CCOc1ccc(NC(=O)CNC(=O)C2CCN(S(=O)(=O)c3cccnc3Cl)CC2)cc1.